The zero-order valence-electron chi connectivity index (χ0n) is 15.0. The molecule has 0 aromatic heterocycles. The molecule has 1 aliphatic heterocycles. The number of halogens is 2. The maximum atomic E-state index is 14.0. The lowest BCUT2D eigenvalue weighted by Crippen LogP contribution is -2.54. The van der Waals surface area contributed by atoms with Crippen LogP contribution in [0.2, 0.25) is 0 Å². The molecule has 0 spiro atoms. The predicted molar refractivity (Wildman–Crippen MR) is 102 cm³/mol. The summed E-state index contributed by atoms with van der Waals surface area (Å²) in [5.74, 6) is 0. The number of hydrogen-bond donors (Lipinski definition) is 0. The number of cyclic esters (lactones) is 1. The fraction of sp³-hybridized carbons (Fsp3) is 0.174. The standard InChI is InChI=1S/C23H19F2NO2/c24-21(25)20-16-28-22(27)26(20)23(17-10-4-1-5-11-17,18-12-6-2-7-13-18)19-14-8-3-9-15-19/h1-15,20-21H,16H2. The molecule has 28 heavy (non-hydrogen) atoms. The summed E-state index contributed by atoms with van der Waals surface area (Å²) in [6.45, 7) is -0.343. The van der Waals surface area contributed by atoms with Crippen molar-refractivity contribution in [2.24, 2.45) is 0 Å². The number of carbonyl (C=O) groups is 1. The second-order valence-corrected chi connectivity index (χ2v) is 6.66. The van der Waals surface area contributed by atoms with E-state index in [0.717, 1.165) is 16.7 Å². The highest BCUT2D eigenvalue weighted by molar-refractivity contribution is 5.74. The lowest BCUT2D eigenvalue weighted by atomic mass is 9.75. The molecule has 3 nitrogen and oxygen atoms in total. The van der Waals surface area contributed by atoms with Crippen molar-refractivity contribution in [3.63, 3.8) is 0 Å². The van der Waals surface area contributed by atoms with Gasteiger partial charge in [0.15, 0.2) is 0 Å². The van der Waals surface area contributed by atoms with Gasteiger partial charge in [0.2, 0.25) is 0 Å². The van der Waals surface area contributed by atoms with Gasteiger partial charge in [0, 0.05) is 0 Å². The van der Waals surface area contributed by atoms with Gasteiger partial charge >= 0.3 is 6.09 Å². The molecule has 1 amide bonds. The molecule has 0 N–H and O–H groups in total. The third kappa shape index (κ3) is 2.83. The van der Waals surface area contributed by atoms with E-state index in [2.05, 4.69) is 0 Å². The van der Waals surface area contributed by atoms with E-state index >= 15 is 0 Å². The molecule has 0 saturated carbocycles. The van der Waals surface area contributed by atoms with E-state index < -0.39 is 24.1 Å². The van der Waals surface area contributed by atoms with Crippen LogP contribution in [0.1, 0.15) is 16.7 Å². The highest BCUT2D eigenvalue weighted by Crippen LogP contribution is 2.46. The summed E-state index contributed by atoms with van der Waals surface area (Å²) in [6.07, 6.45) is -3.48. The molecule has 1 atom stereocenters. The van der Waals surface area contributed by atoms with Gasteiger partial charge in [-0.05, 0) is 16.7 Å². The molecule has 0 bridgehead atoms. The molecule has 142 valence electrons. The molecule has 5 heteroatoms. The second kappa shape index (κ2) is 7.43. The summed E-state index contributed by atoms with van der Waals surface area (Å²) in [6, 6.07) is 26.4. The summed E-state index contributed by atoms with van der Waals surface area (Å²) >= 11 is 0. The molecule has 0 radical (unpaired) electrons. The van der Waals surface area contributed by atoms with Crippen molar-refractivity contribution in [1.29, 1.82) is 0 Å². The number of ether oxygens (including phenoxy) is 1. The molecule has 3 aromatic carbocycles. The molecule has 1 aliphatic rings. The first-order chi connectivity index (χ1) is 13.7. The number of benzene rings is 3. The third-order valence-electron chi connectivity index (χ3n) is 5.13. The number of amides is 1. The van der Waals surface area contributed by atoms with Crippen molar-refractivity contribution in [2.75, 3.05) is 6.61 Å². The minimum absolute atomic E-state index is 0.343. The van der Waals surface area contributed by atoms with Gasteiger partial charge < -0.3 is 4.74 Å². The molecule has 1 saturated heterocycles. The third-order valence-corrected chi connectivity index (χ3v) is 5.13. The smallest absolute Gasteiger partial charge is 0.411 e. The Morgan fingerprint density at radius 2 is 1.18 bits per heavy atom. The number of carbonyl (C=O) groups excluding carboxylic acids is 1. The number of alkyl halides is 2. The van der Waals surface area contributed by atoms with E-state index in [1.807, 2.05) is 91.0 Å². The van der Waals surface area contributed by atoms with Crippen molar-refractivity contribution in [3.8, 4) is 0 Å². The van der Waals surface area contributed by atoms with Gasteiger partial charge in [0.05, 0.1) is 0 Å². The highest BCUT2D eigenvalue weighted by atomic mass is 19.3. The number of hydrogen-bond acceptors (Lipinski definition) is 2. The van der Waals surface area contributed by atoms with Gasteiger partial charge in [-0.1, -0.05) is 91.0 Å². The minimum Gasteiger partial charge on any atom is -0.447 e. The second-order valence-electron chi connectivity index (χ2n) is 6.66. The maximum absolute atomic E-state index is 14.0. The molecular formula is C23H19F2NO2. The topological polar surface area (TPSA) is 29.5 Å². The van der Waals surface area contributed by atoms with Crippen LogP contribution in [0.3, 0.4) is 0 Å². The molecule has 4 rings (SSSR count). The van der Waals surface area contributed by atoms with Crippen molar-refractivity contribution in [2.45, 2.75) is 18.0 Å². The first-order valence-corrected chi connectivity index (χ1v) is 9.06. The van der Waals surface area contributed by atoms with Crippen molar-refractivity contribution < 1.29 is 18.3 Å². The van der Waals surface area contributed by atoms with Gasteiger partial charge in [0.25, 0.3) is 6.43 Å². The summed E-state index contributed by atoms with van der Waals surface area (Å²) in [4.78, 5) is 14.0. The Morgan fingerprint density at radius 1 is 0.786 bits per heavy atom. The van der Waals surface area contributed by atoms with E-state index in [9.17, 15) is 13.6 Å². The molecule has 1 unspecified atom stereocenters. The van der Waals surface area contributed by atoms with Gasteiger partial charge in [-0.25, -0.2) is 13.6 Å². The lowest BCUT2D eigenvalue weighted by molar-refractivity contribution is 0.0336. The van der Waals surface area contributed by atoms with Gasteiger partial charge in [-0.3, -0.25) is 4.90 Å². The van der Waals surface area contributed by atoms with E-state index in [-0.39, 0.29) is 6.61 Å². The highest BCUT2D eigenvalue weighted by Gasteiger charge is 2.54. The van der Waals surface area contributed by atoms with Crippen LogP contribution in [-0.4, -0.2) is 30.1 Å². The van der Waals surface area contributed by atoms with Gasteiger partial charge in [-0.15, -0.1) is 0 Å². The quantitative estimate of drug-likeness (QED) is 0.580. The SMILES string of the molecule is O=C1OCC(C(F)F)N1C(c1ccccc1)(c1ccccc1)c1ccccc1. The summed E-state index contributed by atoms with van der Waals surface area (Å²) in [7, 11) is 0. The monoisotopic (exact) mass is 379 g/mol. The minimum atomic E-state index is -2.73. The Balaban J connectivity index is 2.09. The zero-order valence-corrected chi connectivity index (χ0v) is 15.0. The summed E-state index contributed by atoms with van der Waals surface area (Å²) < 4.78 is 33.1. The summed E-state index contributed by atoms with van der Waals surface area (Å²) in [5.41, 5.74) is 0.920. The van der Waals surface area contributed by atoms with Crippen LogP contribution in [0.25, 0.3) is 0 Å². The fourth-order valence-electron chi connectivity index (χ4n) is 3.96. The first-order valence-electron chi connectivity index (χ1n) is 9.06. The average molecular weight is 379 g/mol. The van der Waals surface area contributed by atoms with Crippen LogP contribution in [-0.2, 0) is 10.3 Å². The first kappa shape index (κ1) is 18.2. The number of nitrogens with zero attached hydrogens (tertiary/aromatic N) is 1. The fourth-order valence-corrected chi connectivity index (χ4v) is 3.96. The Hall–Kier alpha value is -3.21. The largest absolute Gasteiger partial charge is 0.447 e. The lowest BCUT2D eigenvalue weighted by Gasteiger charge is -2.44. The van der Waals surface area contributed by atoms with E-state index in [1.54, 1.807) is 0 Å². The van der Waals surface area contributed by atoms with Gasteiger partial charge in [-0.2, -0.15) is 0 Å². The molecule has 1 heterocycles. The zero-order chi connectivity index (χ0) is 19.6. The van der Waals surface area contributed by atoms with Crippen LogP contribution < -0.4 is 0 Å². The van der Waals surface area contributed by atoms with Crippen LogP contribution in [0.5, 0.6) is 0 Å². The van der Waals surface area contributed by atoms with Crippen LogP contribution in [0, 0.1) is 0 Å². The van der Waals surface area contributed by atoms with E-state index in [1.165, 1.54) is 4.90 Å². The summed E-state index contributed by atoms with van der Waals surface area (Å²) in [5, 5.41) is 0. The Kier molecular flexibility index (Phi) is 4.82. The molecule has 0 aliphatic carbocycles. The Labute approximate surface area is 162 Å². The van der Waals surface area contributed by atoms with E-state index in [0.29, 0.717) is 0 Å². The number of rotatable bonds is 5. The molecular weight excluding hydrogens is 360 g/mol. The van der Waals surface area contributed by atoms with Crippen LogP contribution in [0.15, 0.2) is 91.0 Å². The van der Waals surface area contributed by atoms with E-state index in [4.69, 9.17) is 4.74 Å². The normalized spacial score (nSPS) is 17.0. The average Bonchev–Trinajstić information content (AvgIpc) is 3.13. The maximum Gasteiger partial charge on any atom is 0.411 e. The van der Waals surface area contributed by atoms with Crippen molar-refractivity contribution in [1.82, 2.24) is 4.90 Å². The Morgan fingerprint density at radius 3 is 1.54 bits per heavy atom. The van der Waals surface area contributed by atoms with Crippen LogP contribution >= 0.6 is 0 Å². The Bertz CT molecular complexity index is 836. The van der Waals surface area contributed by atoms with Gasteiger partial charge in [0.1, 0.15) is 18.2 Å². The predicted octanol–water partition coefficient (Wildman–Crippen LogP) is 5.06. The van der Waals surface area contributed by atoms with Crippen molar-refractivity contribution >= 4 is 6.09 Å². The van der Waals surface area contributed by atoms with Crippen molar-refractivity contribution in [3.05, 3.63) is 108 Å². The van der Waals surface area contributed by atoms with Crippen LogP contribution in [0.4, 0.5) is 13.6 Å². The molecule has 1 fully saturated rings. The molecule has 3 aromatic rings.